The molecule has 0 unspecified atom stereocenters. The second-order valence-electron chi connectivity index (χ2n) is 6.30. The molecule has 1 heterocycles. The highest BCUT2D eigenvalue weighted by atomic mass is 32.1. The molecule has 134 valence electrons. The first kappa shape index (κ1) is 19.0. The van der Waals surface area contributed by atoms with Gasteiger partial charge in [0.25, 0.3) is 0 Å². The van der Waals surface area contributed by atoms with E-state index in [-0.39, 0.29) is 5.54 Å². The van der Waals surface area contributed by atoms with Crippen LogP contribution in [-0.2, 0) is 10.9 Å². The van der Waals surface area contributed by atoms with Crippen molar-refractivity contribution in [1.29, 1.82) is 0 Å². The Morgan fingerprint density at radius 2 is 1.92 bits per heavy atom. The smallest absolute Gasteiger partial charge is 0.379 e. The lowest BCUT2D eigenvalue weighted by Gasteiger charge is -2.41. The second-order valence-corrected chi connectivity index (χ2v) is 6.71. The standard InChI is InChI=1S/C16H22F3N3OS/c1-15(2,22-6-8-23-9-7-22)11-20-14(24)21-13-5-3-4-12(10-13)16(17,18)19/h3-5,10H,6-9,11H2,1-2H3,(H2,20,21,24). The lowest BCUT2D eigenvalue weighted by atomic mass is 10.0. The Bertz CT molecular complexity index is 572. The fraction of sp³-hybridized carbons (Fsp3) is 0.562. The van der Waals surface area contributed by atoms with Gasteiger partial charge in [0.05, 0.1) is 18.8 Å². The predicted octanol–water partition coefficient (Wildman–Crippen LogP) is 3.10. The second kappa shape index (κ2) is 7.67. The minimum Gasteiger partial charge on any atom is -0.379 e. The van der Waals surface area contributed by atoms with E-state index in [0.29, 0.717) is 30.6 Å². The number of morpholine rings is 1. The van der Waals surface area contributed by atoms with E-state index in [2.05, 4.69) is 29.4 Å². The zero-order valence-electron chi connectivity index (χ0n) is 13.7. The molecule has 1 fully saturated rings. The normalized spacial score (nSPS) is 16.7. The maximum atomic E-state index is 12.7. The van der Waals surface area contributed by atoms with Crippen LogP contribution in [-0.4, -0.2) is 48.4 Å². The van der Waals surface area contributed by atoms with E-state index in [0.717, 1.165) is 25.2 Å². The summed E-state index contributed by atoms with van der Waals surface area (Å²) in [6.07, 6.45) is -4.37. The van der Waals surface area contributed by atoms with Crippen LogP contribution in [0.25, 0.3) is 0 Å². The Kier molecular flexibility index (Phi) is 6.06. The molecular weight excluding hydrogens is 339 g/mol. The van der Waals surface area contributed by atoms with E-state index in [1.807, 2.05) is 0 Å². The summed E-state index contributed by atoms with van der Waals surface area (Å²) in [4.78, 5) is 2.30. The fourth-order valence-corrected chi connectivity index (χ4v) is 2.72. The number of hydrogen-bond acceptors (Lipinski definition) is 3. The van der Waals surface area contributed by atoms with Crippen LogP contribution in [0.5, 0.6) is 0 Å². The molecule has 1 aliphatic rings. The molecule has 0 amide bonds. The zero-order chi connectivity index (χ0) is 17.8. The van der Waals surface area contributed by atoms with Gasteiger partial charge >= 0.3 is 6.18 Å². The summed E-state index contributed by atoms with van der Waals surface area (Å²) in [6.45, 7) is 7.88. The van der Waals surface area contributed by atoms with Gasteiger partial charge in [-0.05, 0) is 44.3 Å². The van der Waals surface area contributed by atoms with E-state index < -0.39 is 11.7 Å². The quantitative estimate of drug-likeness (QED) is 0.806. The number of anilines is 1. The monoisotopic (exact) mass is 361 g/mol. The lowest BCUT2D eigenvalue weighted by molar-refractivity contribution is -0.137. The average Bonchev–Trinajstić information content (AvgIpc) is 2.53. The number of ether oxygens (including phenoxy) is 1. The predicted molar refractivity (Wildman–Crippen MR) is 92.1 cm³/mol. The SMILES string of the molecule is CC(C)(CNC(=S)Nc1cccc(C(F)(F)F)c1)N1CCOCC1. The van der Waals surface area contributed by atoms with Crippen molar-refractivity contribution in [2.75, 3.05) is 38.2 Å². The summed E-state index contributed by atoms with van der Waals surface area (Å²) >= 11 is 5.20. The number of alkyl halides is 3. The number of nitrogens with zero attached hydrogens (tertiary/aromatic N) is 1. The van der Waals surface area contributed by atoms with Gasteiger partial charge in [0, 0.05) is 30.9 Å². The molecule has 1 aromatic carbocycles. The van der Waals surface area contributed by atoms with Crippen molar-refractivity contribution < 1.29 is 17.9 Å². The first-order valence-corrected chi connectivity index (χ1v) is 8.14. The maximum absolute atomic E-state index is 12.7. The van der Waals surface area contributed by atoms with Gasteiger partial charge in [0.15, 0.2) is 5.11 Å². The van der Waals surface area contributed by atoms with Crippen LogP contribution in [0.4, 0.5) is 18.9 Å². The minimum absolute atomic E-state index is 0.136. The summed E-state index contributed by atoms with van der Waals surface area (Å²) in [7, 11) is 0. The van der Waals surface area contributed by atoms with E-state index in [9.17, 15) is 13.2 Å². The number of thiocarbonyl (C=S) groups is 1. The Morgan fingerprint density at radius 1 is 1.25 bits per heavy atom. The molecular formula is C16H22F3N3OS. The zero-order valence-corrected chi connectivity index (χ0v) is 14.6. The molecule has 2 rings (SSSR count). The van der Waals surface area contributed by atoms with Crippen LogP contribution in [0.3, 0.4) is 0 Å². The van der Waals surface area contributed by atoms with Gasteiger partial charge in [0.1, 0.15) is 0 Å². The average molecular weight is 361 g/mol. The third-order valence-electron chi connectivity index (χ3n) is 4.00. The third kappa shape index (κ3) is 5.32. The highest BCUT2D eigenvalue weighted by Gasteiger charge is 2.31. The highest BCUT2D eigenvalue weighted by molar-refractivity contribution is 7.80. The molecule has 0 radical (unpaired) electrons. The van der Waals surface area contributed by atoms with Gasteiger partial charge in [-0.2, -0.15) is 13.2 Å². The van der Waals surface area contributed by atoms with E-state index in [1.54, 1.807) is 6.07 Å². The molecule has 1 aromatic rings. The van der Waals surface area contributed by atoms with Crippen molar-refractivity contribution in [3.05, 3.63) is 29.8 Å². The van der Waals surface area contributed by atoms with Crippen molar-refractivity contribution >= 4 is 23.0 Å². The number of nitrogens with one attached hydrogen (secondary N) is 2. The number of hydrogen-bond donors (Lipinski definition) is 2. The molecule has 0 spiro atoms. The molecule has 0 aliphatic carbocycles. The Balaban J connectivity index is 1.89. The first-order chi connectivity index (χ1) is 11.2. The molecule has 0 atom stereocenters. The van der Waals surface area contributed by atoms with Crippen molar-refractivity contribution in [3.8, 4) is 0 Å². The highest BCUT2D eigenvalue weighted by Crippen LogP contribution is 2.30. The molecule has 1 saturated heterocycles. The Morgan fingerprint density at radius 3 is 2.54 bits per heavy atom. The third-order valence-corrected chi connectivity index (χ3v) is 4.24. The van der Waals surface area contributed by atoms with E-state index >= 15 is 0 Å². The van der Waals surface area contributed by atoms with Crippen molar-refractivity contribution in [2.45, 2.75) is 25.6 Å². The van der Waals surface area contributed by atoms with Crippen LogP contribution < -0.4 is 10.6 Å². The van der Waals surface area contributed by atoms with Gasteiger partial charge in [-0.25, -0.2) is 0 Å². The molecule has 1 aliphatic heterocycles. The van der Waals surface area contributed by atoms with Gasteiger partial charge in [-0.15, -0.1) is 0 Å². The Labute approximate surface area is 145 Å². The number of halogens is 3. The fourth-order valence-electron chi connectivity index (χ4n) is 2.53. The number of rotatable bonds is 4. The minimum atomic E-state index is -4.37. The molecule has 2 N–H and O–H groups in total. The summed E-state index contributed by atoms with van der Waals surface area (Å²) < 4.78 is 43.5. The van der Waals surface area contributed by atoms with Gasteiger partial charge in [-0.3, -0.25) is 4.90 Å². The summed E-state index contributed by atoms with van der Waals surface area (Å²) in [5.41, 5.74) is -0.529. The van der Waals surface area contributed by atoms with Crippen LogP contribution in [0.1, 0.15) is 19.4 Å². The first-order valence-electron chi connectivity index (χ1n) is 7.73. The van der Waals surface area contributed by atoms with Gasteiger partial charge in [-0.1, -0.05) is 6.07 Å². The van der Waals surface area contributed by atoms with Gasteiger partial charge in [0.2, 0.25) is 0 Å². The van der Waals surface area contributed by atoms with Crippen LogP contribution in [0.15, 0.2) is 24.3 Å². The summed E-state index contributed by atoms with van der Waals surface area (Å²) in [5, 5.41) is 6.19. The number of benzene rings is 1. The summed E-state index contributed by atoms with van der Waals surface area (Å²) in [5.74, 6) is 0. The summed E-state index contributed by atoms with van der Waals surface area (Å²) in [6, 6.07) is 4.98. The van der Waals surface area contributed by atoms with Crippen molar-refractivity contribution in [1.82, 2.24) is 10.2 Å². The molecule has 0 bridgehead atoms. The van der Waals surface area contributed by atoms with Crippen LogP contribution in [0.2, 0.25) is 0 Å². The topological polar surface area (TPSA) is 36.5 Å². The molecule has 4 nitrogen and oxygen atoms in total. The van der Waals surface area contributed by atoms with Crippen LogP contribution in [0, 0.1) is 0 Å². The lowest BCUT2D eigenvalue weighted by Crippen LogP contribution is -2.55. The molecule has 0 saturated carbocycles. The molecule has 0 aromatic heterocycles. The van der Waals surface area contributed by atoms with Crippen molar-refractivity contribution in [2.24, 2.45) is 0 Å². The molecule has 8 heteroatoms. The van der Waals surface area contributed by atoms with E-state index in [4.69, 9.17) is 17.0 Å². The Hall–Kier alpha value is -1.38. The van der Waals surface area contributed by atoms with Crippen molar-refractivity contribution in [3.63, 3.8) is 0 Å². The van der Waals surface area contributed by atoms with Crippen LogP contribution >= 0.6 is 12.2 Å². The largest absolute Gasteiger partial charge is 0.416 e. The van der Waals surface area contributed by atoms with Gasteiger partial charge < -0.3 is 15.4 Å². The maximum Gasteiger partial charge on any atom is 0.416 e. The van der Waals surface area contributed by atoms with E-state index in [1.165, 1.54) is 6.07 Å². The molecule has 24 heavy (non-hydrogen) atoms.